The van der Waals surface area contributed by atoms with Crippen LogP contribution in [0, 0.1) is 5.41 Å². The van der Waals surface area contributed by atoms with Gasteiger partial charge in [0.25, 0.3) is 0 Å². The Hall–Kier alpha value is -1.46. The Morgan fingerprint density at radius 3 is 1.73 bits per heavy atom. The average Bonchev–Trinajstić information content (AvgIpc) is 2.51. The van der Waals surface area contributed by atoms with Crippen LogP contribution >= 0.6 is 0 Å². The summed E-state index contributed by atoms with van der Waals surface area (Å²) in [5.41, 5.74) is 15.7. The largest absolute Gasteiger partial charge is 0.465 e. The summed E-state index contributed by atoms with van der Waals surface area (Å²) < 4.78 is 10.4. The zero-order valence-electron chi connectivity index (χ0n) is 12.7. The van der Waals surface area contributed by atoms with Gasteiger partial charge in [0.15, 0.2) is 0 Å². The molecule has 0 aromatic rings. The van der Waals surface area contributed by atoms with Crippen molar-refractivity contribution in [3.05, 3.63) is 0 Å². The summed E-state index contributed by atoms with van der Waals surface area (Å²) in [6.45, 7) is 2.09. The molecule has 10 heteroatoms. The lowest BCUT2D eigenvalue weighted by Gasteiger charge is -2.27. The van der Waals surface area contributed by atoms with Crippen LogP contribution in [0.15, 0.2) is 0 Å². The first kappa shape index (κ1) is 20.5. The second-order valence-electron chi connectivity index (χ2n) is 4.61. The first-order valence-electron chi connectivity index (χ1n) is 7.03. The monoisotopic (exact) mass is 321 g/mol. The first-order valence-corrected chi connectivity index (χ1v) is 7.03. The van der Waals surface area contributed by atoms with Gasteiger partial charge in [-0.1, -0.05) is 0 Å². The maximum absolute atomic E-state index is 11.9. The van der Waals surface area contributed by atoms with Crippen molar-refractivity contribution in [2.24, 2.45) is 22.6 Å². The standard InChI is InChI=1S/C12H27N5O5/c13-7-12(8-14,9-15)10(18)16-1-3-21-5-6-22-4-2-17-11(19)20/h17H,1-9,13-15H2,(H,16,18)(H,19,20). The number of amides is 2. The fourth-order valence-corrected chi connectivity index (χ4v) is 1.50. The van der Waals surface area contributed by atoms with Crippen molar-refractivity contribution >= 4 is 12.0 Å². The molecule has 0 spiro atoms. The summed E-state index contributed by atoms with van der Waals surface area (Å²) in [6, 6.07) is 0. The molecule has 0 aliphatic rings. The lowest BCUT2D eigenvalue weighted by atomic mass is 9.87. The van der Waals surface area contributed by atoms with Crippen molar-refractivity contribution in [2.45, 2.75) is 0 Å². The molecule has 0 aromatic heterocycles. The van der Waals surface area contributed by atoms with Crippen LogP contribution < -0.4 is 27.8 Å². The number of hydrogen-bond acceptors (Lipinski definition) is 7. The molecular weight excluding hydrogens is 294 g/mol. The first-order chi connectivity index (χ1) is 10.5. The molecule has 0 fully saturated rings. The van der Waals surface area contributed by atoms with Crippen molar-refractivity contribution in [2.75, 3.05) is 59.2 Å². The van der Waals surface area contributed by atoms with Gasteiger partial charge in [-0.3, -0.25) is 4.79 Å². The molecule has 0 bridgehead atoms. The Morgan fingerprint density at radius 2 is 1.32 bits per heavy atom. The van der Waals surface area contributed by atoms with E-state index in [-0.39, 0.29) is 38.7 Å². The van der Waals surface area contributed by atoms with Crippen molar-refractivity contribution < 1.29 is 24.2 Å². The third-order valence-corrected chi connectivity index (χ3v) is 3.08. The van der Waals surface area contributed by atoms with E-state index in [4.69, 9.17) is 31.8 Å². The van der Waals surface area contributed by atoms with E-state index >= 15 is 0 Å². The minimum atomic E-state index is -1.08. The predicted molar refractivity (Wildman–Crippen MR) is 80.3 cm³/mol. The van der Waals surface area contributed by atoms with Crippen LogP contribution in [0.5, 0.6) is 0 Å². The van der Waals surface area contributed by atoms with Gasteiger partial charge in [-0.2, -0.15) is 0 Å². The van der Waals surface area contributed by atoms with Crippen LogP contribution in [0.2, 0.25) is 0 Å². The Balaban J connectivity index is 3.57. The molecule has 0 radical (unpaired) electrons. The number of carbonyl (C=O) groups excluding carboxylic acids is 1. The maximum Gasteiger partial charge on any atom is 0.404 e. The Bertz CT molecular complexity index is 317. The average molecular weight is 321 g/mol. The highest BCUT2D eigenvalue weighted by Gasteiger charge is 2.33. The minimum Gasteiger partial charge on any atom is -0.465 e. The summed E-state index contributed by atoms with van der Waals surface area (Å²) in [4.78, 5) is 22.1. The van der Waals surface area contributed by atoms with Crippen LogP contribution in [-0.2, 0) is 14.3 Å². The molecule has 10 nitrogen and oxygen atoms in total. The van der Waals surface area contributed by atoms with Gasteiger partial charge in [0, 0.05) is 32.7 Å². The van der Waals surface area contributed by atoms with Crippen molar-refractivity contribution in [3.63, 3.8) is 0 Å². The molecule has 0 atom stereocenters. The number of hydrogen-bond donors (Lipinski definition) is 6. The van der Waals surface area contributed by atoms with Gasteiger partial charge < -0.3 is 42.4 Å². The second kappa shape index (κ2) is 12.1. The van der Waals surface area contributed by atoms with Gasteiger partial charge in [-0.15, -0.1) is 0 Å². The number of nitrogens with one attached hydrogen (secondary N) is 2. The molecule has 0 saturated heterocycles. The number of nitrogens with two attached hydrogens (primary N) is 3. The molecule has 0 unspecified atom stereocenters. The van der Waals surface area contributed by atoms with E-state index in [1.807, 2.05) is 0 Å². The molecule has 0 rings (SSSR count). The summed E-state index contributed by atoms with van der Waals surface area (Å²) in [6.07, 6.45) is -1.08. The molecule has 0 saturated carbocycles. The van der Waals surface area contributed by atoms with Crippen LogP contribution in [0.4, 0.5) is 4.79 Å². The molecule has 0 aromatic carbocycles. The van der Waals surface area contributed by atoms with Crippen LogP contribution in [0.25, 0.3) is 0 Å². The molecule has 22 heavy (non-hydrogen) atoms. The second-order valence-corrected chi connectivity index (χ2v) is 4.61. The minimum absolute atomic E-state index is 0.0882. The number of rotatable bonds is 13. The van der Waals surface area contributed by atoms with E-state index in [1.165, 1.54) is 0 Å². The van der Waals surface area contributed by atoms with Gasteiger partial charge >= 0.3 is 6.09 Å². The van der Waals surface area contributed by atoms with Gasteiger partial charge in [0.05, 0.1) is 31.8 Å². The van der Waals surface area contributed by atoms with Crippen LogP contribution in [-0.4, -0.2) is 76.3 Å². The van der Waals surface area contributed by atoms with Gasteiger partial charge in [-0.05, 0) is 0 Å². The van der Waals surface area contributed by atoms with Gasteiger partial charge in [0.2, 0.25) is 5.91 Å². The third-order valence-electron chi connectivity index (χ3n) is 3.08. The topological polar surface area (TPSA) is 175 Å². The van der Waals surface area contributed by atoms with Gasteiger partial charge in [-0.25, -0.2) is 4.79 Å². The fraction of sp³-hybridized carbons (Fsp3) is 0.833. The van der Waals surface area contributed by atoms with E-state index in [1.54, 1.807) is 0 Å². The Morgan fingerprint density at radius 1 is 0.864 bits per heavy atom. The molecule has 130 valence electrons. The molecule has 0 aliphatic carbocycles. The fourth-order valence-electron chi connectivity index (χ4n) is 1.50. The van der Waals surface area contributed by atoms with Crippen LogP contribution in [0.3, 0.4) is 0 Å². The predicted octanol–water partition coefficient (Wildman–Crippen LogP) is -2.73. The van der Waals surface area contributed by atoms with E-state index < -0.39 is 11.5 Å². The van der Waals surface area contributed by atoms with Gasteiger partial charge in [0.1, 0.15) is 0 Å². The highest BCUT2D eigenvalue weighted by atomic mass is 16.5. The van der Waals surface area contributed by atoms with Crippen molar-refractivity contribution in [1.82, 2.24) is 10.6 Å². The van der Waals surface area contributed by atoms with E-state index in [0.29, 0.717) is 26.4 Å². The smallest absolute Gasteiger partial charge is 0.404 e. The molecular formula is C12H27N5O5. The maximum atomic E-state index is 11.9. The Labute approximate surface area is 129 Å². The molecule has 2 amide bonds. The quantitative estimate of drug-likeness (QED) is 0.198. The SMILES string of the molecule is NCC(CN)(CN)C(=O)NCCOCCOCCNC(=O)O. The van der Waals surface area contributed by atoms with E-state index in [9.17, 15) is 9.59 Å². The van der Waals surface area contributed by atoms with Crippen molar-refractivity contribution in [3.8, 4) is 0 Å². The molecule has 0 aliphatic heterocycles. The zero-order chi connectivity index (χ0) is 16.8. The lowest BCUT2D eigenvalue weighted by molar-refractivity contribution is -0.129. The highest BCUT2D eigenvalue weighted by Crippen LogP contribution is 2.10. The summed E-state index contributed by atoms with van der Waals surface area (Å²) in [5.74, 6) is -0.278. The summed E-state index contributed by atoms with van der Waals surface area (Å²) in [7, 11) is 0. The number of ether oxygens (including phenoxy) is 2. The van der Waals surface area contributed by atoms with Crippen LogP contribution in [0.1, 0.15) is 0 Å². The number of carboxylic acid groups (broad SMARTS) is 1. The number of carbonyl (C=O) groups is 2. The van der Waals surface area contributed by atoms with Crippen molar-refractivity contribution in [1.29, 1.82) is 0 Å². The molecule has 9 N–H and O–H groups in total. The summed E-state index contributed by atoms with van der Waals surface area (Å²) >= 11 is 0. The molecule has 0 heterocycles. The van der Waals surface area contributed by atoms with E-state index in [2.05, 4.69) is 10.6 Å². The zero-order valence-corrected chi connectivity index (χ0v) is 12.7. The van der Waals surface area contributed by atoms with E-state index in [0.717, 1.165) is 0 Å². The Kier molecular flexibility index (Phi) is 11.3. The third kappa shape index (κ3) is 8.10. The lowest BCUT2D eigenvalue weighted by Crippen LogP contribution is -2.55. The highest BCUT2D eigenvalue weighted by molar-refractivity contribution is 5.83. The summed E-state index contributed by atoms with van der Waals surface area (Å²) in [5, 5.41) is 13.2. The normalized spacial score (nSPS) is 11.2.